The molecule has 0 aliphatic heterocycles. The first-order valence-electron chi connectivity index (χ1n) is 20.7. The van der Waals surface area contributed by atoms with Gasteiger partial charge >= 0.3 is 5.97 Å². The predicted octanol–water partition coefficient (Wildman–Crippen LogP) is 14.7. The molecule has 0 bridgehead atoms. The van der Waals surface area contributed by atoms with E-state index < -0.39 is 0 Å². The largest absolute Gasteiger partial charge is 0.423 e. The fourth-order valence-corrected chi connectivity index (χ4v) is 6.67. The Hall–Kier alpha value is -2.13. The van der Waals surface area contributed by atoms with Crippen molar-refractivity contribution >= 4 is 5.97 Å². The van der Waals surface area contributed by atoms with Crippen LogP contribution in [0.5, 0.6) is 5.75 Å². The number of carbonyl (C=O) groups excluding carboxylic acids is 1. The van der Waals surface area contributed by atoms with Gasteiger partial charge in [-0.05, 0) is 55.5 Å². The Morgan fingerprint density at radius 3 is 1.42 bits per heavy atom. The fraction of sp³-hybridized carbons (Fsp3) is 0.711. The Kier molecular flexibility index (Phi) is 26.1. The maximum absolute atomic E-state index is 13.0. The first kappa shape index (κ1) is 42.0. The van der Waals surface area contributed by atoms with E-state index in [2.05, 4.69) is 26.8 Å². The number of hydrogen-bond donors (Lipinski definition) is 0. The van der Waals surface area contributed by atoms with E-state index >= 15 is 0 Å². The zero-order valence-electron chi connectivity index (χ0n) is 31.7. The van der Waals surface area contributed by atoms with Gasteiger partial charge in [0.2, 0.25) is 0 Å². The van der Waals surface area contributed by atoms with Crippen LogP contribution in [0.25, 0.3) is 0 Å². The molecule has 3 nitrogen and oxygen atoms in total. The van der Waals surface area contributed by atoms with Crippen LogP contribution in [0.1, 0.15) is 215 Å². The number of benzene rings is 2. The Balaban J connectivity index is 1.53. The maximum Gasteiger partial charge on any atom is 0.343 e. The van der Waals surface area contributed by atoms with Crippen LogP contribution in [0.2, 0.25) is 0 Å². The van der Waals surface area contributed by atoms with Gasteiger partial charge in [-0.3, -0.25) is 0 Å². The van der Waals surface area contributed by atoms with Gasteiger partial charge in [0.05, 0.1) is 11.7 Å². The van der Waals surface area contributed by atoms with Crippen LogP contribution < -0.4 is 4.74 Å². The minimum atomic E-state index is -0.293. The Labute approximate surface area is 297 Å². The first-order valence-corrected chi connectivity index (χ1v) is 20.7. The predicted molar refractivity (Wildman–Crippen MR) is 207 cm³/mol. The summed E-state index contributed by atoms with van der Waals surface area (Å²) < 4.78 is 12.0. The molecular weight excluding hydrogens is 588 g/mol. The number of aryl methyl sites for hydroxylation is 1. The molecule has 0 N–H and O–H groups in total. The molecule has 1 atom stereocenters. The van der Waals surface area contributed by atoms with E-state index in [9.17, 15) is 4.79 Å². The van der Waals surface area contributed by atoms with Gasteiger partial charge in [-0.1, -0.05) is 198 Å². The fourth-order valence-electron chi connectivity index (χ4n) is 6.67. The SMILES string of the molecule is CCCCCCCCCCCCCCCCCCOC(C)c1ccc(C(=O)Oc2ccccc2CCCCCCCCCCCC)cc1. The van der Waals surface area contributed by atoms with Gasteiger partial charge in [-0.2, -0.15) is 0 Å². The van der Waals surface area contributed by atoms with Crippen molar-refractivity contribution in [3.05, 3.63) is 65.2 Å². The minimum absolute atomic E-state index is 0.0215. The van der Waals surface area contributed by atoms with Gasteiger partial charge in [0.15, 0.2) is 0 Å². The standard InChI is InChI=1S/C45H74O3/c1-4-6-8-10-12-14-16-17-18-19-20-21-23-25-27-31-39-47-40(3)41-35-37-43(38-36-41)45(46)48-44-34-30-29-33-42(44)32-28-26-24-22-15-13-11-9-7-5-2/h29-30,33-38,40H,4-28,31-32,39H2,1-3H3. The molecule has 0 amide bonds. The number of para-hydroxylation sites is 1. The second-order valence-corrected chi connectivity index (χ2v) is 14.4. The number of esters is 1. The third kappa shape index (κ3) is 21.1. The maximum atomic E-state index is 13.0. The van der Waals surface area contributed by atoms with Crippen LogP contribution in [0.15, 0.2) is 48.5 Å². The van der Waals surface area contributed by atoms with E-state index in [1.54, 1.807) is 0 Å². The lowest BCUT2D eigenvalue weighted by molar-refractivity contribution is 0.0626. The van der Waals surface area contributed by atoms with E-state index in [1.807, 2.05) is 42.5 Å². The summed E-state index contributed by atoms with van der Waals surface area (Å²) in [6.45, 7) is 7.46. The summed E-state index contributed by atoms with van der Waals surface area (Å²) in [5.41, 5.74) is 2.81. The summed E-state index contributed by atoms with van der Waals surface area (Å²) >= 11 is 0. The topological polar surface area (TPSA) is 35.5 Å². The summed E-state index contributed by atoms with van der Waals surface area (Å²) in [5.74, 6) is 0.400. The third-order valence-electron chi connectivity index (χ3n) is 9.96. The third-order valence-corrected chi connectivity index (χ3v) is 9.96. The molecule has 2 aromatic rings. The molecule has 3 heteroatoms. The lowest BCUT2D eigenvalue weighted by atomic mass is 10.0. The average molecular weight is 663 g/mol. The van der Waals surface area contributed by atoms with E-state index in [0.29, 0.717) is 11.3 Å². The van der Waals surface area contributed by atoms with Crippen molar-refractivity contribution in [2.75, 3.05) is 6.61 Å². The summed E-state index contributed by atoms with van der Waals surface area (Å²) in [6, 6.07) is 15.8. The minimum Gasteiger partial charge on any atom is -0.423 e. The first-order chi connectivity index (χ1) is 23.7. The summed E-state index contributed by atoms with van der Waals surface area (Å²) in [6.07, 6.45) is 36.3. The van der Waals surface area contributed by atoms with Gasteiger partial charge in [0.1, 0.15) is 5.75 Å². The molecule has 2 aromatic carbocycles. The summed E-state index contributed by atoms with van der Waals surface area (Å²) in [4.78, 5) is 13.0. The van der Waals surface area contributed by atoms with Crippen molar-refractivity contribution in [3.8, 4) is 5.75 Å². The number of ether oxygens (including phenoxy) is 2. The zero-order valence-corrected chi connectivity index (χ0v) is 31.7. The molecule has 272 valence electrons. The van der Waals surface area contributed by atoms with Gasteiger partial charge in [-0.25, -0.2) is 4.79 Å². The van der Waals surface area contributed by atoms with Crippen LogP contribution in [-0.4, -0.2) is 12.6 Å². The Bertz CT molecular complexity index is 1010. The van der Waals surface area contributed by atoms with Crippen molar-refractivity contribution < 1.29 is 14.3 Å². The van der Waals surface area contributed by atoms with Crippen LogP contribution in [0.4, 0.5) is 0 Å². The second-order valence-electron chi connectivity index (χ2n) is 14.4. The molecule has 0 saturated carbocycles. The highest BCUT2D eigenvalue weighted by atomic mass is 16.5. The zero-order chi connectivity index (χ0) is 34.3. The molecule has 48 heavy (non-hydrogen) atoms. The highest BCUT2D eigenvalue weighted by molar-refractivity contribution is 5.91. The highest BCUT2D eigenvalue weighted by Gasteiger charge is 2.13. The number of hydrogen-bond acceptors (Lipinski definition) is 3. The Morgan fingerprint density at radius 2 is 0.938 bits per heavy atom. The molecule has 0 saturated heterocycles. The summed E-state index contributed by atoms with van der Waals surface area (Å²) in [5, 5.41) is 0. The normalized spacial score (nSPS) is 12.0. The number of rotatable bonds is 32. The second kappa shape index (κ2) is 29.8. The molecule has 0 spiro atoms. The van der Waals surface area contributed by atoms with E-state index in [4.69, 9.17) is 9.47 Å². The van der Waals surface area contributed by atoms with Gasteiger partial charge in [-0.15, -0.1) is 0 Å². The number of unbranched alkanes of at least 4 members (excludes halogenated alkanes) is 24. The van der Waals surface area contributed by atoms with Crippen molar-refractivity contribution in [2.45, 2.75) is 200 Å². The van der Waals surface area contributed by atoms with Crippen molar-refractivity contribution in [3.63, 3.8) is 0 Å². The Morgan fingerprint density at radius 1 is 0.521 bits per heavy atom. The smallest absolute Gasteiger partial charge is 0.343 e. The molecule has 0 radical (unpaired) electrons. The molecule has 0 aliphatic rings. The average Bonchev–Trinajstić information content (AvgIpc) is 3.11. The van der Waals surface area contributed by atoms with Gasteiger partial charge in [0.25, 0.3) is 0 Å². The van der Waals surface area contributed by atoms with Crippen LogP contribution in [0, 0.1) is 0 Å². The van der Waals surface area contributed by atoms with Gasteiger partial charge in [0, 0.05) is 6.61 Å². The van der Waals surface area contributed by atoms with E-state index in [1.165, 1.54) is 154 Å². The van der Waals surface area contributed by atoms with Crippen LogP contribution in [0.3, 0.4) is 0 Å². The van der Waals surface area contributed by atoms with Crippen LogP contribution >= 0.6 is 0 Å². The van der Waals surface area contributed by atoms with E-state index in [0.717, 1.165) is 37.0 Å². The van der Waals surface area contributed by atoms with Crippen LogP contribution in [-0.2, 0) is 11.2 Å². The van der Waals surface area contributed by atoms with Gasteiger partial charge < -0.3 is 9.47 Å². The molecule has 0 heterocycles. The summed E-state index contributed by atoms with van der Waals surface area (Å²) in [7, 11) is 0. The van der Waals surface area contributed by atoms with Crippen molar-refractivity contribution in [1.29, 1.82) is 0 Å². The van der Waals surface area contributed by atoms with Crippen molar-refractivity contribution in [1.82, 2.24) is 0 Å². The molecule has 2 rings (SSSR count). The quantitative estimate of drug-likeness (QED) is 0.0444. The molecule has 1 unspecified atom stereocenters. The lowest BCUT2D eigenvalue weighted by Gasteiger charge is -2.14. The number of carbonyl (C=O) groups is 1. The highest BCUT2D eigenvalue weighted by Crippen LogP contribution is 2.24. The molecule has 0 aliphatic carbocycles. The molecule has 0 aromatic heterocycles. The molecular formula is C45H74O3. The van der Waals surface area contributed by atoms with Crippen molar-refractivity contribution in [2.24, 2.45) is 0 Å². The molecule has 0 fully saturated rings. The van der Waals surface area contributed by atoms with E-state index in [-0.39, 0.29) is 12.1 Å². The monoisotopic (exact) mass is 663 g/mol. The lowest BCUT2D eigenvalue weighted by Crippen LogP contribution is -2.10.